The van der Waals surface area contributed by atoms with Gasteiger partial charge in [0.15, 0.2) is 11.2 Å². The van der Waals surface area contributed by atoms with E-state index in [0.717, 1.165) is 11.0 Å². The summed E-state index contributed by atoms with van der Waals surface area (Å²) in [6.45, 7) is 0.539. The SMILES string of the molecule is O=c1[nH]cnc2ncn(Cc3ccc(BO)cc3)c12. The van der Waals surface area contributed by atoms with E-state index in [4.69, 9.17) is 5.02 Å². The maximum atomic E-state index is 11.8. The molecule has 3 rings (SSSR count). The third-order valence-electron chi connectivity index (χ3n) is 2.97. The van der Waals surface area contributed by atoms with E-state index in [-0.39, 0.29) is 13.0 Å². The van der Waals surface area contributed by atoms with Crippen molar-refractivity contribution in [1.82, 2.24) is 19.5 Å². The van der Waals surface area contributed by atoms with Gasteiger partial charge in [-0.2, -0.15) is 0 Å². The Balaban J connectivity index is 1.98. The minimum absolute atomic E-state index is 0.0257. The second-order valence-corrected chi connectivity index (χ2v) is 4.25. The number of rotatable bonds is 3. The molecule has 0 aliphatic rings. The summed E-state index contributed by atoms with van der Waals surface area (Å²) < 4.78 is 1.76. The number of nitrogens with one attached hydrogen (secondary N) is 1. The maximum Gasteiger partial charge on any atom is 0.304 e. The summed E-state index contributed by atoms with van der Waals surface area (Å²) in [5.74, 6) is 0. The van der Waals surface area contributed by atoms with Crippen LogP contribution in [0.2, 0.25) is 0 Å². The van der Waals surface area contributed by atoms with Crippen molar-refractivity contribution < 1.29 is 5.02 Å². The number of benzene rings is 1. The van der Waals surface area contributed by atoms with Gasteiger partial charge in [0.05, 0.1) is 12.7 Å². The molecule has 0 fully saturated rings. The number of hydrogen-bond acceptors (Lipinski definition) is 4. The number of fused-ring (bicyclic) bond motifs is 1. The van der Waals surface area contributed by atoms with Gasteiger partial charge in [0.1, 0.15) is 0 Å². The highest BCUT2D eigenvalue weighted by Crippen LogP contribution is 2.07. The third kappa shape index (κ3) is 2.15. The Bertz CT molecular complexity index is 763. The number of aromatic nitrogens is 4. The summed E-state index contributed by atoms with van der Waals surface area (Å²) in [6.07, 6.45) is 2.95. The number of aromatic amines is 1. The zero-order valence-electron chi connectivity index (χ0n) is 10.1. The molecular weight excluding hydrogens is 243 g/mol. The fourth-order valence-corrected chi connectivity index (χ4v) is 1.99. The van der Waals surface area contributed by atoms with E-state index in [1.54, 1.807) is 10.9 Å². The standard InChI is InChI=1S/C12H11BN4O2/c18-12-10-11(14-6-15-12)16-7-17(10)5-8-1-3-9(13-19)4-2-8/h1-4,6-7,13,19H,5H2,(H,14,15,18). The average molecular weight is 254 g/mol. The third-order valence-corrected chi connectivity index (χ3v) is 2.97. The summed E-state index contributed by atoms with van der Waals surface area (Å²) in [5, 5.41) is 8.99. The van der Waals surface area contributed by atoms with Crippen molar-refractivity contribution in [1.29, 1.82) is 0 Å². The van der Waals surface area contributed by atoms with Gasteiger partial charge in [0.2, 0.25) is 0 Å². The first kappa shape index (κ1) is 11.7. The molecule has 1 aromatic carbocycles. The van der Waals surface area contributed by atoms with Crippen LogP contribution >= 0.6 is 0 Å². The highest BCUT2D eigenvalue weighted by atomic mass is 16.2. The Morgan fingerprint density at radius 1 is 1.26 bits per heavy atom. The molecule has 0 bridgehead atoms. The Morgan fingerprint density at radius 2 is 2.05 bits per heavy atom. The van der Waals surface area contributed by atoms with Gasteiger partial charge in [-0.05, 0) is 5.56 Å². The summed E-state index contributed by atoms with van der Waals surface area (Å²) >= 11 is 0. The van der Waals surface area contributed by atoms with Crippen molar-refractivity contribution >= 4 is 24.1 Å². The van der Waals surface area contributed by atoms with Crippen LogP contribution in [0.25, 0.3) is 11.2 Å². The smallest absolute Gasteiger partial charge is 0.304 e. The van der Waals surface area contributed by atoms with Crippen LogP contribution in [0.4, 0.5) is 0 Å². The van der Waals surface area contributed by atoms with E-state index in [2.05, 4.69) is 15.0 Å². The van der Waals surface area contributed by atoms with Crippen molar-refractivity contribution in [2.75, 3.05) is 0 Å². The first-order valence-electron chi connectivity index (χ1n) is 5.85. The van der Waals surface area contributed by atoms with Crippen LogP contribution in [0.1, 0.15) is 5.56 Å². The van der Waals surface area contributed by atoms with Gasteiger partial charge in [-0.15, -0.1) is 0 Å². The van der Waals surface area contributed by atoms with E-state index in [1.807, 2.05) is 24.3 Å². The highest BCUT2D eigenvalue weighted by molar-refractivity contribution is 6.45. The lowest BCUT2D eigenvalue weighted by atomic mass is 9.88. The Morgan fingerprint density at radius 3 is 2.79 bits per heavy atom. The van der Waals surface area contributed by atoms with E-state index in [0.29, 0.717) is 17.7 Å². The number of hydrogen-bond donors (Lipinski definition) is 2. The summed E-state index contributed by atoms with van der Waals surface area (Å²) in [7, 11) is 0.0257. The largest absolute Gasteiger partial charge is 0.449 e. The zero-order valence-corrected chi connectivity index (χ0v) is 10.1. The number of H-pyrrole nitrogens is 1. The topological polar surface area (TPSA) is 83.8 Å². The van der Waals surface area contributed by atoms with Crippen molar-refractivity contribution in [3.8, 4) is 0 Å². The Hall–Kier alpha value is -2.41. The van der Waals surface area contributed by atoms with Gasteiger partial charge >= 0.3 is 7.48 Å². The van der Waals surface area contributed by atoms with Crippen molar-refractivity contribution in [3.63, 3.8) is 0 Å². The number of imidazole rings is 1. The summed E-state index contributed by atoms with van der Waals surface area (Å²) in [5.41, 5.74) is 2.59. The van der Waals surface area contributed by atoms with Gasteiger partial charge in [-0.1, -0.05) is 29.7 Å². The van der Waals surface area contributed by atoms with Crippen LogP contribution in [0, 0.1) is 0 Å². The Labute approximate surface area is 109 Å². The molecule has 0 saturated carbocycles. The van der Waals surface area contributed by atoms with Crippen LogP contribution < -0.4 is 11.0 Å². The molecule has 0 unspecified atom stereocenters. The minimum atomic E-state index is -0.200. The first-order valence-corrected chi connectivity index (χ1v) is 5.85. The second-order valence-electron chi connectivity index (χ2n) is 4.25. The Kier molecular flexibility index (Phi) is 2.89. The van der Waals surface area contributed by atoms with E-state index in [1.165, 1.54) is 6.33 Å². The number of nitrogens with zero attached hydrogens (tertiary/aromatic N) is 3. The van der Waals surface area contributed by atoms with Crippen LogP contribution in [0.15, 0.2) is 41.7 Å². The quantitative estimate of drug-likeness (QED) is 0.595. The predicted octanol–water partition coefficient (Wildman–Crippen LogP) is -0.863. The molecule has 6 nitrogen and oxygen atoms in total. The molecule has 2 heterocycles. The fraction of sp³-hybridized carbons (Fsp3) is 0.0833. The lowest BCUT2D eigenvalue weighted by molar-refractivity contribution is 0.615. The summed E-state index contributed by atoms with van der Waals surface area (Å²) in [6, 6.07) is 7.55. The van der Waals surface area contributed by atoms with Gasteiger partial charge < -0.3 is 14.6 Å². The lowest BCUT2D eigenvalue weighted by Gasteiger charge is -2.04. The molecule has 3 aromatic rings. The highest BCUT2D eigenvalue weighted by Gasteiger charge is 2.07. The van der Waals surface area contributed by atoms with E-state index in [9.17, 15) is 4.79 Å². The van der Waals surface area contributed by atoms with Gasteiger partial charge in [-0.25, -0.2) is 9.97 Å². The molecule has 2 aromatic heterocycles. The lowest BCUT2D eigenvalue weighted by Crippen LogP contribution is -2.14. The monoisotopic (exact) mass is 254 g/mol. The van der Waals surface area contributed by atoms with Gasteiger partial charge in [-0.3, -0.25) is 4.79 Å². The molecule has 0 spiro atoms. The molecule has 7 heteroatoms. The fourth-order valence-electron chi connectivity index (χ4n) is 1.99. The molecule has 0 aliphatic carbocycles. The van der Waals surface area contributed by atoms with Crippen LogP contribution in [-0.2, 0) is 6.54 Å². The van der Waals surface area contributed by atoms with Crippen molar-refractivity contribution in [2.24, 2.45) is 0 Å². The van der Waals surface area contributed by atoms with Crippen LogP contribution in [0.3, 0.4) is 0 Å². The van der Waals surface area contributed by atoms with E-state index < -0.39 is 0 Å². The van der Waals surface area contributed by atoms with Gasteiger partial charge in [0.25, 0.3) is 5.56 Å². The predicted molar refractivity (Wildman–Crippen MR) is 72.7 cm³/mol. The molecule has 0 amide bonds. The second kappa shape index (κ2) is 4.70. The molecular formula is C12H11BN4O2. The molecule has 0 radical (unpaired) electrons. The first-order chi connectivity index (χ1) is 9.28. The minimum Gasteiger partial charge on any atom is -0.449 e. The van der Waals surface area contributed by atoms with Crippen molar-refractivity contribution in [3.05, 3.63) is 52.8 Å². The maximum absolute atomic E-state index is 11.8. The van der Waals surface area contributed by atoms with Crippen molar-refractivity contribution in [2.45, 2.75) is 6.54 Å². The molecule has 2 N–H and O–H groups in total. The van der Waals surface area contributed by atoms with E-state index >= 15 is 0 Å². The summed E-state index contributed by atoms with van der Waals surface area (Å²) in [4.78, 5) is 22.4. The normalized spacial score (nSPS) is 10.8. The molecule has 19 heavy (non-hydrogen) atoms. The molecule has 0 atom stereocenters. The molecule has 0 saturated heterocycles. The molecule has 0 aliphatic heterocycles. The van der Waals surface area contributed by atoms with Crippen LogP contribution in [-0.4, -0.2) is 32.0 Å². The van der Waals surface area contributed by atoms with Gasteiger partial charge in [0, 0.05) is 6.54 Å². The van der Waals surface area contributed by atoms with Crippen LogP contribution in [0.5, 0.6) is 0 Å². The zero-order chi connectivity index (χ0) is 13.2. The molecule has 94 valence electrons. The average Bonchev–Trinajstić information content (AvgIpc) is 2.84.